The number of rotatable bonds is 6. The highest BCUT2D eigenvalue weighted by atomic mass is 16.4. The van der Waals surface area contributed by atoms with Crippen molar-refractivity contribution >= 4 is 11.7 Å². The first-order chi connectivity index (χ1) is 7.25. The number of anilines is 1. The Morgan fingerprint density at radius 3 is 2.93 bits per heavy atom. The van der Waals surface area contributed by atoms with E-state index >= 15 is 0 Å². The monoisotopic (exact) mass is 210 g/mol. The van der Waals surface area contributed by atoms with Crippen molar-refractivity contribution in [3.05, 3.63) is 24.0 Å². The van der Waals surface area contributed by atoms with E-state index in [0.29, 0.717) is 18.7 Å². The lowest BCUT2D eigenvalue weighted by Crippen LogP contribution is -2.08. The van der Waals surface area contributed by atoms with Gasteiger partial charge >= 0.3 is 5.97 Å². The first kappa shape index (κ1) is 11.5. The summed E-state index contributed by atoms with van der Waals surface area (Å²) in [7, 11) is 0. The summed E-state index contributed by atoms with van der Waals surface area (Å²) in [4.78, 5) is 14.7. The molecule has 1 heterocycles. The molecule has 0 saturated heterocycles. The number of aliphatic hydroxyl groups excluding tert-OH is 1. The molecular formula is C10H14N2O3. The van der Waals surface area contributed by atoms with E-state index in [1.807, 2.05) is 0 Å². The first-order valence-electron chi connectivity index (χ1n) is 4.77. The molecule has 0 aliphatic carbocycles. The lowest BCUT2D eigenvalue weighted by molar-refractivity contribution is 0.0698. The largest absolute Gasteiger partial charge is 0.478 e. The van der Waals surface area contributed by atoms with Crippen LogP contribution in [0.4, 0.5) is 5.69 Å². The highest BCUT2D eigenvalue weighted by molar-refractivity contribution is 5.93. The van der Waals surface area contributed by atoms with Crippen LogP contribution < -0.4 is 5.32 Å². The molecule has 0 aliphatic rings. The number of aromatic carboxylic acids is 1. The van der Waals surface area contributed by atoms with E-state index in [2.05, 4.69) is 10.3 Å². The lowest BCUT2D eigenvalue weighted by Gasteiger charge is -2.07. The van der Waals surface area contributed by atoms with Crippen molar-refractivity contribution < 1.29 is 15.0 Å². The molecule has 0 saturated carbocycles. The van der Waals surface area contributed by atoms with Crippen molar-refractivity contribution in [2.24, 2.45) is 0 Å². The standard InChI is InChI=1S/C10H14N2O3/c13-6-2-1-4-12-9-7-11-5-3-8(9)10(14)15/h3,5,7,12-13H,1-2,4,6H2,(H,14,15). The van der Waals surface area contributed by atoms with E-state index in [0.717, 1.165) is 6.42 Å². The molecule has 0 atom stereocenters. The average Bonchev–Trinajstić information content (AvgIpc) is 2.25. The number of nitrogens with zero attached hydrogens (tertiary/aromatic N) is 1. The summed E-state index contributed by atoms with van der Waals surface area (Å²) in [5.41, 5.74) is 0.733. The summed E-state index contributed by atoms with van der Waals surface area (Å²) in [6.45, 7) is 0.785. The van der Waals surface area contributed by atoms with E-state index in [-0.39, 0.29) is 12.2 Å². The highest BCUT2D eigenvalue weighted by Gasteiger charge is 2.08. The molecule has 0 aromatic carbocycles. The van der Waals surface area contributed by atoms with Gasteiger partial charge in [-0.15, -0.1) is 0 Å². The molecule has 15 heavy (non-hydrogen) atoms. The number of aliphatic hydroxyl groups is 1. The van der Waals surface area contributed by atoms with E-state index in [4.69, 9.17) is 10.2 Å². The van der Waals surface area contributed by atoms with Gasteiger partial charge < -0.3 is 15.5 Å². The van der Waals surface area contributed by atoms with Crippen molar-refractivity contribution in [1.29, 1.82) is 0 Å². The Bertz CT molecular complexity index is 328. The number of pyridine rings is 1. The van der Waals surface area contributed by atoms with Crippen LogP contribution in [0.3, 0.4) is 0 Å². The van der Waals surface area contributed by atoms with Crippen molar-refractivity contribution in [2.45, 2.75) is 12.8 Å². The molecule has 0 unspecified atom stereocenters. The summed E-state index contributed by atoms with van der Waals surface area (Å²) in [5.74, 6) is -0.970. The minimum absolute atomic E-state index is 0.153. The molecule has 5 heteroatoms. The van der Waals surface area contributed by atoms with Crippen molar-refractivity contribution in [1.82, 2.24) is 4.98 Å². The number of aromatic nitrogens is 1. The zero-order chi connectivity index (χ0) is 11.1. The molecule has 0 aliphatic heterocycles. The molecule has 1 aromatic rings. The zero-order valence-corrected chi connectivity index (χ0v) is 8.31. The molecule has 0 fully saturated rings. The van der Waals surface area contributed by atoms with Gasteiger partial charge in [-0.25, -0.2) is 4.79 Å². The molecule has 1 rings (SSSR count). The zero-order valence-electron chi connectivity index (χ0n) is 8.31. The number of hydrogen-bond donors (Lipinski definition) is 3. The van der Waals surface area contributed by atoms with Crippen LogP contribution >= 0.6 is 0 Å². The third kappa shape index (κ3) is 3.55. The van der Waals surface area contributed by atoms with Crippen LogP contribution in [0, 0.1) is 0 Å². The SMILES string of the molecule is O=C(O)c1ccncc1NCCCCO. The van der Waals surface area contributed by atoms with Gasteiger partial charge in [0, 0.05) is 19.3 Å². The maximum Gasteiger partial charge on any atom is 0.337 e. The fourth-order valence-electron chi connectivity index (χ4n) is 1.18. The number of carboxylic acids is 1. The van der Waals surface area contributed by atoms with Gasteiger partial charge in [0.25, 0.3) is 0 Å². The Morgan fingerprint density at radius 2 is 2.27 bits per heavy atom. The topological polar surface area (TPSA) is 82.5 Å². The summed E-state index contributed by atoms with van der Waals surface area (Å²) < 4.78 is 0. The van der Waals surface area contributed by atoms with Crippen LogP contribution in [0.25, 0.3) is 0 Å². The molecular weight excluding hydrogens is 196 g/mol. The highest BCUT2D eigenvalue weighted by Crippen LogP contribution is 2.12. The van der Waals surface area contributed by atoms with E-state index in [9.17, 15) is 4.79 Å². The van der Waals surface area contributed by atoms with Gasteiger partial charge in [0.1, 0.15) is 0 Å². The number of hydrogen-bond acceptors (Lipinski definition) is 4. The predicted molar refractivity (Wildman–Crippen MR) is 56.0 cm³/mol. The summed E-state index contributed by atoms with van der Waals surface area (Å²) in [6, 6.07) is 1.46. The van der Waals surface area contributed by atoms with Gasteiger partial charge in [-0.05, 0) is 18.9 Å². The second-order valence-corrected chi connectivity index (χ2v) is 3.08. The van der Waals surface area contributed by atoms with Crippen LogP contribution in [0.15, 0.2) is 18.5 Å². The van der Waals surface area contributed by atoms with Crippen LogP contribution in [0.5, 0.6) is 0 Å². The lowest BCUT2D eigenvalue weighted by atomic mass is 10.2. The fourth-order valence-corrected chi connectivity index (χ4v) is 1.18. The Morgan fingerprint density at radius 1 is 1.47 bits per heavy atom. The summed E-state index contributed by atoms with van der Waals surface area (Å²) >= 11 is 0. The van der Waals surface area contributed by atoms with Crippen LogP contribution in [0.1, 0.15) is 23.2 Å². The average molecular weight is 210 g/mol. The predicted octanol–water partition coefficient (Wildman–Crippen LogP) is 0.964. The van der Waals surface area contributed by atoms with Gasteiger partial charge in [0.15, 0.2) is 0 Å². The van der Waals surface area contributed by atoms with E-state index in [1.54, 1.807) is 0 Å². The van der Waals surface area contributed by atoms with Crippen LogP contribution in [-0.4, -0.2) is 34.3 Å². The van der Waals surface area contributed by atoms with Gasteiger partial charge in [-0.3, -0.25) is 4.98 Å². The Balaban J connectivity index is 2.56. The van der Waals surface area contributed by atoms with Crippen LogP contribution in [-0.2, 0) is 0 Å². The van der Waals surface area contributed by atoms with E-state index in [1.165, 1.54) is 18.5 Å². The van der Waals surface area contributed by atoms with Gasteiger partial charge in [0.2, 0.25) is 0 Å². The minimum Gasteiger partial charge on any atom is -0.478 e. The third-order valence-electron chi connectivity index (χ3n) is 1.95. The summed E-state index contributed by atoms with van der Waals surface area (Å²) in [6.07, 6.45) is 4.44. The van der Waals surface area contributed by atoms with Gasteiger partial charge in [0.05, 0.1) is 17.4 Å². The fraction of sp³-hybridized carbons (Fsp3) is 0.400. The normalized spacial score (nSPS) is 9.93. The number of unbranched alkanes of at least 4 members (excludes halogenated alkanes) is 1. The molecule has 3 N–H and O–H groups in total. The number of carbonyl (C=O) groups is 1. The second-order valence-electron chi connectivity index (χ2n) is 3.08. The molecule has 82 valence electrons. The first-order valence-corrected chi connectivity index (χ1v) is 4.77. The maximum absolute atomic E-state index is 10.8. The maximum atomic E-state index is 10.8. The molecule has 0 bridgehead atoms. The molecule has 1 aromatic heterocycles. The molecule has 0 spiro atoms. The quantitative estimate of drug-likeness (QED) is 0.609. The second kappa shape index (κ2) is 5.98. The Labute approximate surface area is 87.8 Å². The Kier molecular flexibility index (Phi) is 4.56. The van der Waals surface area contributed by atoms with Crippen molar-refractivity contribution in [3.8, 4) is 0 Å². The smallest absolute Gasteiger partial charge is 0.337 e. The molecule has 0 radical (unpaired) electrons. The van der Waals surface area contributed by atoms with Crippen molar-refractivity contribution in [3.63, 3.8) is 0 Å². The summed E-state index contributed by atoms with van der Waals surface area (Å²) in [5, 5.41) is 20.4. The van der Waals surface area contributed by atoms with Gasteiger partial charge in [-0.1, -0.05) is 0 Å². The number of nitrogens with one attached hydrogen (secondary N) is 1. The van der Waals surface area contributed by atoms with Crippen LogP contribution in [0.2, 0.25) is 0 Å². The van der Waals surface area contributed by atoms with E-state index < -0.39 is 5.97 Å². The minimum atomic E-state index is -0.970. The Hall–Kier alpha value is -1.62. The third-order valence-corrected chi connectivity index (χ3v) is 1.95. The van der Waals surface area contributed by atoms with Gasteiger partial charge in [-0.2, -0.15) is 0 Å². The van der Waals surface area contributed by atoms with Crippen molar-refractivity contribution in [2.75, 3.05) is 18.5 Å². The molecule has 5 nitrogen and oxygen atoms in total. The molecule has 0 amide bonds. The number of carboxylic acid groups (broad SMARTS) is 1.